The minimum absolute atomic E-state index is 0.641. The second kappa shape index (κ2) is 28.9. The van der Waals surface area contributed by atoms with E-state index >= 15 is 0 Å². The summed E-state index contributed by atoms with van der Waals surface area (Å²) in [5, 5.41) is 14.5. The number of hydrogen-bond donors (Lipinski definition) is 0. The van der Waals surface area contributed by atoms with E-state index in [0.29, 0.717) is 23.3 Å². The van der Waals surface area contributed by atoms with Crippen LogP contribution in [0.3, 0.4) is 0 Å². The number of benzene rings is 18. The number of aromatic nitrogens is 9. The molecule has 18 aromatic carbocycles. The summed E-state index contributed by atoms with van der Waals surface area (Å²) in [5.41, 5.74) is 26.6. The first-order valence-corrected chi connectivity index (χ1v) is 40.7. The average Bonchev–Trinajstić information content (AvgIpc) is 1.59. The fraction of sp³-hybridized carbons (Fsp3) is 0. The zero-order valence-corrected chi connectivity index (χ0v) is 65.0. The minimum atomic E-state index is 0.641. The van der Waals surface area contributed by atoms with E-state index in [9.17, 15) is 0 Å². The molecule has 0 atom stereocenters. The predicted octanol–water partition coefficient (Wildman–Crippen LogP) is 28.4. The molecule has 0 aliphatic carbocycles. The number of rotatable bonds is 12. The molecule has 0 N–H and O–H groups in total. The van der Waals surface area contributed by atoms with E-state index in [1.54, 1.807) is 0 Å². The van der Waals surface area contributed by atoms with Gasteiger partial charge in [-0.1, -0.05) is 291 Å². The average molecular weight is 1530 g/mol. The van der Waals surface area contributed by atoms with Crippen LogP contribution in [0.15, 0.2) is 431 Å². The Bertz CT molecular complexity index is 8020. The molecule has 0 radical (unpaired) electrons. The second-order valence-electron chi connectivity index (χ2n) is 30.7. The SMILES string of the molecule is c1ccc(-c2cc(-c3ccc4cc(-n5c6ccccc6c6cc(-c7ccc8c(c7)c7ccccc7n8-c7ccccc7)ccc65)ccc4c3)nc(-c3ccccc3)n2)cc1.c1ccc(-c2nc(-c3ccccc3)nc(-c3ccc4ccc(-n5c6ccccc6c6cc(-c7ccc8c(c7)c7ccccc7n8-c7ccccc7)ccc65)cc4c3)n2)cc1. The van der Waals surface area contributed by atoms with Gasteiger partial charge in [-0.15, -0.1) is 0 Å². The van der Waals surface area contributed by atoms with Gasteiger partial charge >= 0.3 is 0 Å². The van der Waals surface area contributed by atoms with Gasteiger partial charge in [0.15, 0.2) is 23.3 Å². The van der Waals surface area contributed by atoms with Crippen molar-refractivity contribution < 1.29 is 0 Å². The quantitative estimate of drug-likeness (QED) is 0.122. The van der Waals surface area contributed by atoms with E-state index in [1.165, 1.54) is 115 Å². The molecule has 0 aliphatic heterocycles. The minimum Gasteiger partial charge on any atom is -0.309 e. The highest BCUT2D eigenvalue weighted by molar-refractivity contribution is 6.15. The summed E-state index contributed by atoms with van der Waals surface area (Å²) in [5.74, 6) is 2.66. The van der Waals surface area contributed by atoms with E-state index in [1.807, 2.05) is 84.9 Å². The zero-order chi connectivity index (χ0) is 79.1. The summed E-state index contributed by atoms with van der Waals surface area (Å²) in [6.45, 7) is 0. The van der Waals surface area contributed by atoms with Crippen LogP contribution >= 0.6 is 0 Å². The van der Waals surface area contributed by atoms with Crippen molar-refractivity contribution in [2.45, 2.75) is 0 Å². The number of fused-ring (bicyclic) bond motifs is 14. The lowest BCUT2D eigenvalue weighted by Gasteiger charge is -2.12. The summed E-state index contributed by atoms with van der Waals surface area (Å²) in [6, 6.07) is 153. The molecule has 0 spiro atoms. The first kappa shape index (κ1) is 69.3. The van der Waals surface area contributed by atoms with Gasteiger partial charge < -0.3 is 18.3 Å². The zero-order valence-electron chi connectivity index (χ0n) is 65.0. The van der Waals surface area contributed by atoms with Gasteiger partial charge in [0.1, 0.15) is 0 Å². The van der Waals surface area contributed by atoms with Crippen molar-refractivity contribution in [3.8, 4) is 113 Å². The molecular formula is C111H71N9. The molecule has 0 unspecified atom stereocenters. The molecule has 24 aromatic rings. The molecule has 9 heteroatoms. The molecular weight excluding hydrogens is 1460 g/mol. The lowest BCUT2D eigenvalue weighted by molar-refractivity contribution is 1.07. The highest BCUT2D eigenvalue weighted by Crippen LogP contribution is 2.43. The van der Waals surface area contributed by atoms with Crippen LogP contribution in [0, 0.1) is 0 Å². The number of nitrogens with zero attached hydrogens (tertiary/aromatic N) is 9. The van der Waals surface area contributed by atoms with E-state index in [4.69, 9.17) is 24.9 Å². The van der Waals surface area contributed by atoms with Crippen molar-refractivity contribution in [2.24, 2.45) is 0 Å². The summed E-state index contributed by atoms with van der Waals surface area (Å²) in [7, 11) is 0. The van der Waals surface area contributed by atoms with Gasteiger partial charge in [-0.05, 0) is 183 Å². The largest absolute Gasteiger partial charge is 0.309 e. The van der Waals surface area contributed by atoms with Crippen molar-refractivity contribution in [3.63, 3.8) is 0 Å². The van der Waals surface area contributed by atoms with Crippen molar-refractivity contribution in [3.05, 3.63) is 431 Å². The molecule has 24 rings (SSSR count). The van der Waals surface area contributed by atoms with Crippen molar-refractivity contribution in [1.82, 2.24) is 43.2 Å². The van der Waals surface area contributed by atoms with E-state index < -0.39 is 0 Å². The molecule has 9 nitrogen and oxygen atoms in total. The van der Waals surface area contributed by atoms with Gasteiger partial charge in [-0.3, -0.25) is 0 Å². The Morgan fingerprint density at radius 3 is 0.808 bits per heavy atom. The fourth-order valence-corrected chi connectivity index (χ4v) is 17.9. The van der Waals surface area contributed by atoms with Crippen molar-refractivity contribution >= 4 is 109 Å². The monoisotopic (exact) mass is 1530 g/mol. The molecule has 0 bridgehead atoms. The predicted molar refractivity (Wildman–Crippen MR) is 498 cm³/mol. The van der Waals surface area contributed by atoms with Crippen LogP contribution in [0.2, 0.25) is 0 Å². The van der Waals surface area contributed by atoms with Crippen LogP contribution in [-0.4, -0.2) is 43.2 Å². The maximum absolute atomic E-state index is 5.09. The Kier molecular flexibility index (Phi) is 16.7. The highest BCUT2D eigenvalue weighted by Gasteiger charge is 2.22. The Hall–Kier alpha value is -16.2. The number of para-hydroxylation sites is 6. The Morgan fingerprint density at radius 2 is 0.400 bits per heavy atom. The molecule has 0 saturated carbocycles. The number of hydrogen-bond acceptors (Lipinski definition) is 5. The molecule has 6 heterocycles. The van der Waals surface area contributed by atoms with Crippen LogP contribution in [0.25, 0.3) is 222 Å². The van der Waals surface area contributed by atoms with Crippen LogP contribution in [0.4, 0.5) is 0 Å². The van der Waals surface area contributed by atoms with Gasteiger partial charge in [0.25, 0.3) is 0 Å². The second-order valence-corrected chi connectivity index (χ2v) is 30.7. The maximum Gasteiger partial charge on any atom is 0.164 e. The topological polar surface area (TPSA) is 84.2 Å². The first-order chi connectivity index (χ1) is 59.5. The Labute approximate surface area is 691 Å². The van der Waals surface area contributed by atoms with E-state index in [-0.39, 0.29) is 0 Å². The van der Waals surface area contributed by atoms with E-state index in [2.05, 4.69) is 364 Å². The molecule has 0 saturated heterocycles. The van der Waals surface area contributed by atoms with E-state index in [0.717, 1.165) is 83.5 Å². The van der Waals surface area contributed by atoms with Gasteiger partial charge in [-0.2, -0.15) is 0 Å². The van der Waals surface area contributed by atoms with Crippen LogP contribution in [0.1, 0.15) is 0 Å². The molecule has 560 valence electrons. The van der Waals surface area contributed by atoms with Crippen molar-refractivity contribution in [2.75, 3.05) is 0 Å². The van der Waals surface area contributed by atoms with Crippen molar-refractivity contribution in [1.29, 1.82) is 0 Å². The lowest BCUT2D eigenvalue weighted by Crippen LogP contribution is -2.00. The summed E-state index contributed by atoms with van der Waals surface area (Å²) in [4.78, 5) is 25.0. The Morgan fingerprint density at radius 1 is 0.133 bits per heavy atom. The smallest absolute Gasteiger partial charge is 0.164 e. The summed E-state index contributed by atoms with van der Waals surface area (Å²) < 4.78 is 9.53. The normalized spacial score (nSPS) is 11.7. The van der Waals surface area contributed by atoms with Gasteiger partial charge in [0, 0.05) is 99.2 Å². The third kappa shape index (κ3) is 12.1. The highest BCUT2D eigenvalue weighted by atomic mass is 15.0. The van der Waals surface area contributed by atoms with Crippen LogP contribution < -0.4 is 0 Å². The summed E-state index contributed by atoms with van der Waals surface area (Å²) in [6.07, 6.45) is 0. The lowest BCUT2D eigenvalue weighted by atomic mass is 10.0. The maximum atomic E-state index is 5.09. The van der Waals surface area contributed by atoms with Crippen LogP contribution in [-0.2, 0) is 0 Å². The molecule has 6 aromatic heterocycles. The first-order valence-electron chi connectivity index (χ1n) is 40.7. The third-order valence-corrected chi connectivity index (χ3v) is 23.6. The molecule has 120 heavy (non-hydrogen) atoms. The fourth-order valence-electron chi connectivity index (χ4n) is 17.9. The third-order valence-electron chi connectivity index (χ3n) is 23.6. The molecule has 0 amide bonds. The summed E-state index contributed by atoms with van der Waals surface area (Å²) >= 11 is 0. The van der Waals surface area contributed by atoms with Gasteiger partial charge in [0.2, 0.25) is 0 Å². The Balaban J connectivity index is 0.000000140. The van der Waals surface area contributed by atoms with Gasteiger partial charge in [-0.25, -0.2) is 24.9 Å². The van der Waals surface area contributed by atoms with Gasteiger partial charge in [0.05, 0.1) is 55.5 Å². The molecule has 0 fully saturated rings. The molecule has 0 aliphatic rings. The standard InChI is InChI=1S/C56H36N4.C55H35N5/c1-4-14-37(15-5-1)50-36-51(58-56(57-50)38-16-6-2-7-17-38)43-25-24-40-33-45(29-26-39(40)32-43)60-53-23-13-11-21-47(53)49-35-42(28-31-55(49)60)41-27-30-54-48(34-41)46-20-10-12-22-52(46)59(54)44-18-8-3-9-19-44;1-4-14-37(15-5-1)53-56-54(38-16-6-2-7-17-38)58-55(57-53)41-25-24-36-26-29-44(33-42(36)32-41)60-50-23-13-11-21-46(50)48-35-40(28-31-52(48)60)39-27-30-51-47(34-39)45-20-10-12-22-49(45)59(51)43-18-8-3-9-19-43/h1-36H;1-35H. The van der Waals surface area contributed by atoms with Crippen LogP contribution in [0.5, 0.6) is 0 Å².